The molecular weight excluding hydrogens is 453 g/mol. The van der Waals surface area contributed by atoms with E-state index >= 15 is 0 Å². The van der Waals surface area contributed by atoms with Gasteiger partial charge in [0, 0.05) is 31.1 Å². The summed E-state index contributed by atoms with van der Waals surface area (Å²) >= 11 is 1.81. The van der Waals surface area contributed by atoms with Crippen molar-refractivity contribution in [3.8, 4) is 0 Å². The molecule has 7 nitrogen and oxygen atoms in total. The second-order valence-electron chi connectivity index (χ2n) is 8.85. The number of rotatable bonds is 8. The van der Waals surface area contributed by atoms with Gasteiger partial charge in [0.15, 0.2) is 0 Å². The van der Waals surface area contributed by atoms with Crippen LogP contribution in [-0.4, -0.2) is 60.2 Å². The van der Waals surface area contributed by atoms with Gasteiger partial charge in [0.1, 0.15) is 22.3 Å². The van der Waals surface area contributed by atoms with Gasteiger partial charge in [0.05, 0.1) is 31.6 Å². The van der Waals surface area contributed by atoms with Crippen molar-refractivity contribution in [2.45, 2.75) is 38.6 Å². The predicted molar refractivity (Wildman–Crippen MR) is 132 cm³/mol. The van der Waals surface area contributed by atoms with E-state index in [4.69, 9.17) is 14.7 Å². The van der Waals surface area contributed by atoms with Crippen LogP contribution in [0.1, 0.15) is 34.7 Å². The lowest BCUT2D eigenvalue weighted by molar-refractivity contribution is -0.120. The summed E-state index contributed by atoms with van der Waals surface area (Å²) in [5, 5.41) is 7.57. The van der Waals surface area contributed by atoms with Crippen molar-refractivity contribution in [2.24, 2.45) is 0 Å². The lowest BCUT2D eigenvalue weighted by Crippen LogP contribution is -2.36. The number of benzene rings is 1. The van der Waals surface area contributed by atoms with Gasteiger partial charge in [-0.25, -0.2) is 14.4 Å². The Labute approximate surface area is 202 Å². The highest BCUT2D eigenvalue weighted by molar-refractivity contribution is 7.19. The highest BCUT2D eigenvalue weighted by atomic mass is 32.1. The molecule has 0 atom stereocenters. The quantitative estimate of drug-likeness (QED) is 0.479. The lowest BCUT2D eigenvalue weighted by Gasteiger charge is -2.25. The maximum Gasteiger partial charge on any atom is 0.224 e. The Balaban J connectivity index is 1.26. The topological polar surface area (TPSA) is 79.4 Å². The number of amides is 1. The summed E-state index contributed by atoms with van der Waals surface area (Å²) in [5.74, 6) is 1.33. The Morgan fingerprint density at radius 3 is 2.71 bits per heavy atom. The number of thiophene rings is 1. The molecule has 0 saturated carbocycles. The Hall–Kier alpha value is -2.62. The fourth-order valence-electron chi connectivity index (χ4n) is 4.59. The largest absolute Gasteiger partial charge is 0.379 e. The van der Waals surface area contributed by atoms with Gasteiger partial charge in [-0.2, -0.15) is 0 Å². The second kappa shape index (κ2) is 10.8. The average molecular weight is 484 g/mol. The summed E-state index contributed by atoms with van der Waals surface area (Å²) < 4.78 is 18.5. The van der Waals surface area contributed by atoms with Crippen LogP contribution in [0.4, 0.5) is 10.2 Å². The summed E-state index contributed by atoms with van der Waals surface area (Å²) in [4.78, 5) is 27.0. The minimum Gasteiger partial charge on any atom is -0.379 e. The molecule has 2 N–H and O–H groups in total. The van der Waals surface area contributed by atoms with Gasteiger partial charge in [-0.1, -0.05) is 12.1 Å². The minimum atomic E-state index is -0.298. The first kappa shape index (κ1) is 23.1. The number of carbonyl (C=O) groups excluding carboxylic acids is 1. The number of anilines is 1. The maximum absolute atomic E-state index is 13.1. The molecule has 5 rings (SSSR count). The number of carbonyl (C=O) groups is 1. The van der Waals surface area contributed by atoms with Gasteiger partial charge in [0.25, 0.3) is 0 Å². The standard InChI is InChI=1S/C25H30FN5O2S/c26-18-7-5-17(6-8-18)15-22(32)27-9-10-28-24-23-19-3-1-2-4-20(19)34-25(23)30-21(29-24)16-31-11-13-33-14-12-31/h5-8H,1-4,9-16H2,(H,27,32)(H,28,29,30). The number of aromatic nitrogens is 2. The van der Waals surface area contributed by atoms with Gasteiger partial charge < -0.3 is 15.4 Å². The van der Waals surface area contributed by atoms with Crippen LogP contribution in [-0.2, 0) is 35.3 Å². The van der Waals surface area contributed by atoms with Crippen LogP contribution in [0, 0.1) is 5.82 Å². The van der Waals surface area contributed by atoms with E-state index in [1.165, 1.54) is 35.4 Å². The van der Waals surface area contributed by atoms with E-state index in [1.54, 1.807) is 23.5 Å². The molecule has 1 aromatic carbocycles. The molecule has 9 heteroatoms. The molecule has 0 bridgehead atoms. The van der Waals surface area contributed by atoms with Gasteiger partial charge in [-0.15, -0.1) is 11.3 Å². The van der Waals surface area contributed by atoms with Crippen LogP contribution in [0.3, 0.4) is 0 Å². The van der Waals surface area contributed by atoms with Crippen molar-refractivity contribution in [1.82, 2.24) is 20.2 Å². The third kappa shape index (κ3) is 5.54. The zero-order valence-corrected chi connectivity index (χ0v) is 20.1. The van der Waals surface area contributed by atoms with Crippen molar-refractivity contribution in [2.75, 3.05) is 44.7 Å². The normalized spacial score (nSPS) is 16.4. The molecule has 1 aliphatic carbocycles. The summed E-state index contributed by atoms with van der Waals surface area (Å²) in [5.41, 5.74) is 2.19. The van der Waals surface area contributed by atoms with E-state index in [1.807, 2.05) is 0 Å². The molecule has 3 heterocycles. The molecule has 3 aromatic rings. The van der Waals surface area contributed by atoms with Crippen molar-refractivity contribution in [3.05, 3.63) is 51.9 Å². The van der Waals surface area contributed by atoms with Gasteiger partial charge in [-0.05, 0) is 48.9 Å². The van der Waals surface area contributed by atoms with Crippen molar-refractivity contribution in [1.29, 1.82) is 0 Å². The molecule has 1 saturated heterocycles. The van der Waals surface area contributed by atoms with Crippen molar-refractivity contribution < 1.29 is 13.9 Å². The number of aryl methyl sites for hydroxylation is 2. The number of fused-ring (bicyclic) bond motifs is 3. The highest BCUT2D eigenvalue weighted by Crippen LogP contribution is 2.38. The summed E-state index contributed by atoms with van der Waals surface area (Å²) in [6, 6.07) is 6.03. The summed E-state index contributed by atoms with van der Waals surface area (Å²) in [6.07, 6.45) is 4.86. The lowest BCUT2D eigenvalue weighted by atomic mass is 9.97. The number of hydrogen-bond donors (Lipinski definition) is 2. The minimum absolute atomic E-state index is 0.0813. The fraction of sp³-hybridized carbons (Fsp3) is 0.480. The molecule has 180 valence electrons. The van der Waals surface area contributed by atoms with E-state index < -0.39 is 0 Å². The van der Waals surface area contributed by atoms with E-state index in [-0.39, 0.29) is 18.1 Å². The molecule has 1 fully saturated rings. The summed E-state index contributed by atoms with van der Waals surface area (Å²) in [7, 11) is 0. The monoisotopic (exact) mass is 483 g/mol. The molecular formula is C25H30FN5O2S. The molecule has 0 spiro atoms. The van der Waals surface area contributed by atoms with Gasteiger partial charge in [0.2, 0.25) is 5.91 Å². The predicted octanol–water partition coefficient (Wildman–Crippen LogP) is 3.31. The van der Waals surface area contributed by atoms with Crippen LogP contribution < -0.4 is 10.6 Å². The first-order chi connectivity index (χ1) is 16.7. The van der Waals surface area contributed by atoms with Crippen LogP contribution >= 0.6 is 11.3 Å². The molecule has 1 amide bonds. The van der Waals surface area contributed by atoms with Crippen LogP contribution in [0.5, 0.6) is 0 Å². The average Bonchev–Trinajstić information content (AvgIpc) is 3.22. The Morgan fingerprint density at radius 1 is 1.09 bits per heavy atom. The number of morpholine rings is 1. The third-order valence-corrected chi connectivity index (χ3v) is 7.53. The Kier molecular flexibility index (Phi) is 7.32. The number of halogens is 1. The third-order valence-electron chi connectivity index (χ3n) is 6.35. The highest BCUT2D eigenvalue weighted by Gasteiger charge is 2.22. The fourth-order valence-corrected chi connectivity index (χ4v) is 5.87. The van der Waals surface area contributed by atoms with E-state index in [0.29, 0.717) is 19.6 Å². The number of nitrogens with zero attached hydrogens (tertiary/aromatic N) is 3. The Morgan fingerprint density at radius 2 is 1.88 bits per heavy atom. The second-order valence-corrected chi connectivity index (χ2v) is 9.93. The smallest absolute Gasteiger partial charge is 0.224 e. The summed E-state index contributed by atoms with van der Waals surface area (Å²) in [6.45, 7) is 5.05. The first-order valence-corrected chi connectivity index (χ1v) is 12.8. The molecule has 0 radical (unpaired) electrons. The van der Waals surface area contributed by atoms with Gasteiger partial charge >= 0.3 is 0 Å². The molecule has 34 heavy (non-hydrogen) atoms. The molecule has 2 aromatic heterocycles. The van der Waals surface area contributed by atoms with Gasteiger partial charge in [-0.3, -0.25) is 9.69 Å². The first-order valence-electron chi connectivity index (χ1n) is 12.0. The molecule has 0 unspecified atom stereocenters. The van der Waals surface area contributed by atoms with E-state index in [0.717, 1.165) is 66.6 Å². The number of ether oxygens (including phenoxy) is 1. The maximum atomic E-state index is 13.1. The number of nitrogens with one attached hydrogen (secondary N) is 2. The van der Waals surface area contributed by atoms with Crippen molar-refractivity contribution in [3.63, 3.8) is 0 Å². The van der Waals surface area contributed by atoms with Crippen LogP contribution in [0.2, 0.25) is 0 Å². The van der Waals surface area contributed by atoms with Crippen LogP contribution in [0.15, 0.2) is 24.3 Å². The van der Waals surface area contributed by atoms with Crippen molar-refractivity contribution >= 4 is 33.3 Å². The zero-order chi connectivity index (χ0) is 23.3. The van der Waals surface area contributed by atoms with Crippen LogP contribution in [0.25, 0.3) is 10.2 Å². The van der Waals surface area contributed by atoms with E-state index in [9.17, 15) is 9.18 Å². The van der Waals surface area contributed by atoms with E-state index in [2.05, 4.69) is 15.5 Å². The molecule has 2 aliphatic rings. The zero-order valence-electron chi connectivity index (χ0n) is 19.2. The Bertz CT molecular complexity index is 1140. The SMILES string of the molecule is O=C(Cc1ccc(F)cc1)NCCNc1nc(CN2CCOCC2)nc2sc3c(c12)CCCC3. The number of hydrogen-bond acceptors (Lipinski definition) is 7. The molecule has 1 aliphatic heterocycles.